The topological polar surface area (TPSA) is 55.8 Å². The Labute approximate surface area is 80.6 Å². The van der Waals surface area contributed by atoms with Gasteiger partial charge in [0.15, 0.2) is 0 Å². The van der Waals surface area contributed by atoms with Crippen LogP contribution in [-0.2, 0) is 19.0 Å². The summed E-state index contributed by atoms with van der Waals surface area (Å²) in [5.41, 5.74) is -1.79. The molecule has 1 atom stereocenters. The molecule has 1 unspecified atom stereocenters. The average Bonchev–Trinajstić information content (AvgIpc) is 1.85. The first-order valence-corrected chi connectivity index (χ1v) is 2.75. The van der Waals surface area contributed by atoms with Crippen molar-refractivity contribution in [2.75, 3.05) is 0 Å². The Balaban J connectivity index is 0. The summed E-state index contributed by atoms with van der Waals surface area (Å²) < 4.78 is 26.1. The second kappa shape index (κ2) is 7.44. The van der Waals surface area contributed by atoms with Gasteiger partial charge in [0.2, 0.25) is 5.51 Å². The SMILES string of the molecule is O=C(CC(=O)ON(F)F)OP.[LiH]. The summed E-state index contributed by atoms with van der Waals surface area (Å²) >= 11 is 0. The third-order valence-electron chi connectivity index (χ3n) is 0.591. The van der Waals surface area contributed by atoms with Crippen LogP contribution in [0.1, 0.15) is 6.42 Å². The molecule has 9 heteroatoms. The Morgan fingerprint density at radius 1 is 1.33 bits per heavy atom. The molecule has 0 aromatic rings. The van der Waals surface area contributed by atoms with Crippen molar-refractivity contribution < 1.29 is 27.9 Å². The fourth-order valence-corrected chi connectivity index (χ4v) is 0.352. The van der Waals surface area contributed by atoms with Gasteiger partial charge < -0.3 is 9.36 Å². The third-order valence-corrected chi connectivity index (χ3v) is 0.854. The molecule has 0 aromatic heterocycles. The van der Waals surface area contributed by atoms with Gasteiger partial charge in [0.25, 0.3) is 0 Å². The summed E-state index contributed by atoms with van der Waals surface area (Å²) in [4.78, 5) is 23.5. The zero-order valence-corrected chi connectivity index (χ0v) is 6.28. The molecule has 0 heterocycles. The van der Waals surface area contributed by atoms with Crippen LogP contribution in [0.5, 0.6) is 0 Å². The van der Waals surface area contributed by atoms with Crippen molar-refractivity contribution >= 4 is 40.3 Å². The van der Waals surface area contributed by atoms with Crippen LogP contribution in [0.25, 0.3) is 0 Å². The average molecular weight is 195 g/mol. The molecule has 0 aliphatic heterocycles. The Hall–Kier alpha value is -0.213. The molecule has 0 aliphatic carbocycles. The number of nitrogens with zero attached hydrogens (tertiary/aromatic N) is 1. The molecule has 0 aliphatic rings. The first-order chi connectivity index (χ1) is 5.06. The molecule has 0 saturated carbocycles. The minimum atomic E-state index is -1.79. The Bertz CT molecular complexity index is 168. The van der Waals surface area contributed by atoms with Gasteiger partial charge >= 0.3 is 30.8 Å². The summed E-state index contributed by atoms with van der Waals surface area (Å²) in [6, 6.07) is 0. The standard InChI is InChI=1S/C3H4F2NO4P.Li.H/c4-6(5)9-2(7)1-3(8)10-11;;/h1,11H2;;. The second-order valence-corrected chi connectivity index (χ2v) is 1.57. The molecule has 0 fully saturated rings. The molecule has 0 rings (SSSR count). The summed E-state index contributed by atoms with van der Waals surface area (Å²) in [6.07, 6.45) is -0.853. The van der Waals surface area contributed by atoms with Gasteiger partial charge in [-0.25, -0.2) is 4.79 Å². The first-order valence-electron chi connectivity index (χ1n) is 2.28. The van der Waals surface area contributed by atoms with E-state index in [1.165, 1.54) is 0 Å². The molecular formula is C3H5F2LiNO4P. The predicted molar refractivity (Wildman–Crippen MR) is 37.7 cm³/mol. The number of halogens is 2. The molecule has 0 bridgehead atoms. The van der Waals surface area contributed by atoms with E-state index in [1.54, 1.807) is 9.47 Å². The summed E-state index contributed by atoms with van der Waals surface area (Å²) in [5, 5.41) is 0. The van der Waals surface area contributed by atoms with Crippen molar-refractivity contribution in [1.29, 1.82) is 0 Å². The molecule has 5 nitrogen and oxygen atoms in total. The zero-order valence-electron chi connectivity index (χ0n) is 5.12. The van der Waals surface area contributed by atoms with Gasteiger partial charge in [-0.3, -0.25) is 4.79 Å². The fraction of sp³-hybridized carbons (Fsp3) is 0.333. The van der Waals surface area contributed by atoms with Crippen molar-refractivity contribution in [3.63, 3.8) is 0 Å². The maximum atomic E-state index is 11.1. The summed E-state index contributed by atoms with van der Waals surface area (Å²) in [7, 11) is 1.57. The molecule has 0 spiro atoms. The van der Waals surface area contributed by atoms with E-state index in [0.29, 0.717) is 0 Å². The Kier molecular flexibility index (Phi) is 8.87. The van der Waals surface area contributed by atoms with Gasteiger partial charge in [-0.1, -0.05) is 8.96 Å². The monoisotopic (exact) mass is 195 g/mol. The van der Waals surface area contributed by atoms with Crippen LogP contribution in [-0.4, -0.2) is 36.3 Å². The van der Waals surface area contributed by atoms with E-state index in [1.807, 2.05) is 0 Å². The van der Waals surface area contributed by atoms with Crippen molar-refractivity contribution in [3.05, 3.63) is 0 Å². The number of carbonyl (C=O) groups excluding carboxylic acids is 2. The first kappa shape index (κ1) is 14.3. The van der Waals surface area contributed by atoms with E-state index >= 15 is 0 Å². The van der Waals surface area contributed by atoms with E-state index in [4.69, 9.17) is 0 Å². The van der Waals surface area contributed by atoms with E-state index in [0.717, 1.165) is 0 Å². The van der Waals surface area contributed by atoms with Gasteiger partial charge in [-0.15, -0.1) is 0 Å². The number of rotatable bonds is 3. The van der Waals surface area contributed by atoms with Crippen molar-refractivity contribution in [3.8, 4) is 0 Å². The summed E-state index contributed by atoms with van der Waals surface area (Å²) in [5.74, 6) is -2.36. The molecule has 0 aromatic carbocycles. The van der Waals surface area contributed by atoms with E-state index < -0.39 is 23.9 Å². The zero-order chi connectivity index (χ0) is 8.85. The summed E-state index contributed by atoms with van der Waals surface area (Å²) in [6.45, 7) is 0. The quantitative estimate of drug-likeness (QED) is 0.201. The number of hydrogen-bond donors (Lipinski definition) is 0. The third kappa shape index (κ3) is 7.89. The van der Waals surface area contributed by atoms with Crippen molar-refractivity contribution in [1.82, 2.24) is 5.51 Å². The molecule has 12 heavy (non-hydrogen) atoms. The number of hydrogen-bond acceptors (Lipinski definition) is 5. The van der Waals surface area contributed by atoms with Crippen LogP contribution in [0.4, 0.5) is 8.96 Å². The van der Waals surface area contributed by atoms with E-state index in [9.17, 15) is 18.6 Å². The van der Waals surface area contributed by atoms with Gasteiger partial charge in [0.05, 0.1) is 9.47 Å². The van der Waals surface area contributed by atoms with Gasteiger partial charge in [-0.2, -0.15) is 0 Å². The molecular weight excluding hydrogens is 190 g/mol. The van der Waals surface area contributed by atoms with E-state index in [-0.39, 0.29) is 18.9 Å². The molecule has 0 radical (unpaired) electrons. The van der Waals surface area contributed by atoms with E-state index in [2.05, 4.69) is 9.36 Å². The molecule has 0 amide bonds. The Morgan fingerprint density at radius 3 is 2.17 bits per heavy atom. The van der Waals surface area contributed by atoms with Gasteiger partial charge in [0, 0.05) is 0 Å². The van der Waals surface area contributed by atoms with Crippen molar-refractivity contribution in [2.45, 2.75) is 6.42 Å². The second-order valence-electron chi connectivity index (χ2n) is 1.33. The van der Waals surface area contributed by atoms with Crippen molar-refractivity contribution in [2.24, 2.45) is 0 Å². The molecule has 66 valence electrons. The normalized spacial score (nSPS) is 8.67. The Morgan fingerprint density at radius 2 is 1.83 bits per heavy atom. The predicted octanol–water partition coefficient (Wildman–Crippen LogP) is -0.410. The van der Waals surface area contributed by atoms with Crippen LogP contribution in [0.15, 0.2) is 0 Å². The fourth-order valence-electron chi connectivity index (χ4n) is 0.269. The molecule has 0 N–H and O–H groups in total. The van der Waals surface area contributed by atoms with Crippen LogP contribution >= 0.6 is 9.47 Å². The minimum absolute atomic E-state index is 0. The maximum absolute atomic E-state index is 11.1. The van der Waals surface area contributed by atoms with Gasteiger partial charge in [0.1, 0.15) is 6.42 Å². The van der Waals surface area contributed by atoms with Gasteiger partial charge in [-0.05, 0) is 0 Å². The van der Waals surface area contributed by atoms with Crippen LogP contribution in [0.2, 0.25) is 0 Å². The van der Waals surface area contributed by atoms with Crippen LogP contribution < -0.4 is 0 Å². The van der Waals surface area contributed by atoms with Crippen LogP contribution in [0, 0.1) is 0 Å². The molecule has 0 saturated heterocycles. The van der Waals surface area contributed by atoms with Crippen LogP contribution in [0.3, 0.4) is 0 Å². The number of carbonyl (C=O) groups is 2.